The van der Waals surface area contributed by atoms with Gasteiger partial charge in [-0.3, -0.25) is 0 Å². The number of unbranched alkanes of at least 4 members (excludes halogenated alkanes) is 4. The summed E-state index contributed by atoms with van der Waals surface area (Å²) in [5, 5.41) is 12.3. The molecule has 0 spiro atoms. The van der Waals surface area contributed by atoms with E-state index in [0.717, 1.165) is 11.1 Å². The van der Waals surface area contributed by atoms with Crippen LogP contribution in [0.15, 0.2) is 33.7 Å². The van der Waals surface area contributed by atoms with Crippen LogP contribution in [0.25, 0.3) is 5.57 Å². The molecule has 0 fully saturated rings. The summed E-state index contributed by atoms with van der Waals surface area (Å²) < 4.78 is 1.50. The standard InChI is InChI=1S/C19H27NSe2/c1-3-5-10-14-21-19(22-15-11-6-4-2)18(16-20)17-12-8-7-9-13-17/h7-9,12-13H,3-6,10-11,14-15H2,1-2H3. The van der Waals surface area contributed by atoms with Crippen LogP contribution in [0.4, 0.5) is 0 Å². The van der Waals surface area contributed by atoms with Gasteiger partial charge in [-0.25, -0.2) is 0 Å². The summed E-state index contributed by atoms with van der Waals surface area (Å²) in [5.41, 5.74) is 2.10. The van der Waals surface area contributed by atoms with E-state index in [1.54, 1.807) is 0 Å². The molecule has 0 N–H and O–H groups in total. The molecule has 3 heteroatoms. The molecule has 0 atom stereocenters. The van der Waals surface area contributed by atoms with Gasteiger partial charge in [-0.15, -0.1) is 0 Å². The van der Waals surface area contributed by atoms with E-state index in [-0.39, 0.29) is 0 Å². The maximum absolute atomic E-state index is 9.67. The number of rotatable bonds is 11. The molecule has 0 aliphatic rings. The Bertz CT molecular complexity index is 460. The predicted octanol–water partition coefficient (Wildman–Crippen LogP) is 5.50. The first-order valence-electron chi connectivity index (χ1n) is 8.28. The van der Waals surface area contributed by atoms with Gasteiger partial charge >= 0.3 is 149 Å². The molecule has 22 heavy (non-hydrogen) atoms. The molecule has 0 aliphatic heterocycles. The molecule has 0 saturated heterocycles. The van der Waals surface area contributed by atoms with Gasteiger partial charge < -0.3 is 0 Å². The number of allylic oxidation sites excluding steroid dienone is 1. The van der Waals surface area contributed by atoms with Crippen LogP contribution in [0.5, 0.6) is 0 Å². The first-order valence-corrected chi connectivity index (χ1v) is 12.4. The quantitative estimate of drug-likeness (QED) is 0.260. The molecule has 120 valence electrons. The Balaban J connectivity index is 2.79. The van der Waals surface area contributed by atoms with Gasteiger partial charge in [-0.2, -0.15) is 0 Å². The zero-order chi connectivity index (χ0) is 16.0. The van der Waals surface area contributed by atoms with E-state index in [1.165, 1.54) is 52.5 Å². The summed E-state index contributed by atoms with van der Waals surface area (Å²) in [6, 6.07) is 12.8. The van der Waals surface area contributed by atoms with Crippen LogP contribution in [0.1, 0.15) is 57.9 Å². The Labute approximate surface area is 148 Å². The van der Waals surface area contributed by atoms with E-state index in [1.807, 2.05) is 18.2 Å². The molecule has 0 aromatic heterocycles. The Morgan fingerprint density at radius 2 is 1.45 bits per heavy atom. The molecule has 0 bridgehead atoms. The zero-order valence-electron chi connectivity index (χ0n) is 13.8. The first-order chi connectivity index (χ1) is 10.8. The molecule has 0 saturated carbocycles. The van der Waals surface area contributed by atoms with Crippen LogP contribution in [0.3, 0.4) is 0 Å². The summed E-state index contributed by atoms with van der Waals surface area (Å²) in [7, 11) is 0. The average molecular weight is 427 g/mol. The van der Waals surface area contributed by atoms with Crippen molar-refractivity contribution in [3.05, 3.63) is 39.3 Å². The summed E-state index contributed by atoms with van der Waals surface area (Å²) in [6.07, 6.45) is 7.84. The molecule has 0 unspecified atom stereocenters. The third-order valence-electron chi connectivity index (χ3n) is 3.34. The summed E-state index contributed by atoms with van der Waals surface area (Å²) in [5.74, 6) is 0. The molecular formula is C19H27NSe2. The van der Waals surface area contributed by atoms with Gasteiger partial charge in [0.2, 0.25) is 0 Å². The van der Waals surface area contributed by atoms with Crippen molar-refractivity contribution in [1.29, 1.82) is 5.26 Å². The molecule has 0 radical (unpaired) electrons. The van der Waals surface area contributed by atoms with Gasteiger partial charge in [-0.05, 0) is 0 Å². The number of nitriles is 1. The van der Waals surface area contributed by atoms with Crippen molar-refractivity contribution in [1.82, 2.24) is 0 Å². The second kappa shape index (κ2) is 13.0. The van der Waals surface area contributed by atoms with Gasteiger partial charge in [0.15, 0.2) is 0 Å². The van der Waals surface area contributed by atoms with Crippen molar-refractivity contribution in [2.45, 2.75) is 63.0 Å². The minimum atomic E-state index is 0.502. The van der Waals surface area contributed by atoms with Gasteiger partial charge in [0.1, 0.15) is 0 Å². The van der Waals surface area contributed by atoms with Crippen molar-refractivity contribution in [2.24, 2.45) is 0 Å². The first kappa shape index (κ1) is 19.5. The fourth-order valence-electron chi connectivity index (χ4n) is 2.05. The van der Waals surface area contributed by atoms with E-state index in [0.29, 0.717) is 29.9 Å². The Morgan fingerprint density at radius 1 is 0.909 bits per heavy atom. The van der Waals surface area contributed by atoms with Gasteiger partial charge in [0.25, 0.3) is 0 Å². The normalized spacial score (nSPS) is 10.2. The fraction of sp³-hybridized carbons (Fsp3) is 0.526. The Hall–Kier alpha value is -0.511. The maximum atomic E-state index is 9.67. The number of benzene rings is 1. The molecule has 0 amide bonds. The molecule has 0 heterocycles. The average Bonchev–Trinajstić information content (AvgIpc) is 2.56. The van der Waals surface area contributed by atoms with E-state index in [9.17, 15) is 5.26 Å². The van der Waals surface area contributed by atoms with Gasteiger partial charge in [0.05, 0.1) is 0 Å². The van der Waals surface area contributed by atoms with Crippen molar-refractivity contribution in [3.63, 3.8) is 0 Å². The summed E-state index contributed by atoms with van der Waals surface area (Å²) >= 11 is 1.00. The monoisotopic (exact) mass is 429 g/mol. The van der Waals surface area contributed by atoms with Crippen LogP contribution in [-0.2, 0) is 0 Å². The second-order valence-electron chi connectivity index (χ2n) is 5.25. The number of hydrogen-bond acceptors (Lipinski definition) is 1. The molecule has 1 nitrogen and oxygen atoms in total. The van der Waals surface area contributed by atoms with Crippen molar-refractivity contribution >= 4 is 35.5 Å². The van der Waals surface area contributed by atoms with E-state index < -0.39 is 0 Å². The zero-order valence-corrected chi connectivity index (χ0v) is 17.2. The third kappa shape index (κ3) is 7.66. The SMILES string of the molecule is CCCCC[Se]C([Se]CCCCC)=C(C#N)c1ccccc1. The van der Waals surface area contributed by atoms with Crippen LogP contribution < -0.4 is 0 Å². The summed E-state index contributed by atoms with van der Waals surface area (Å²) in [4.78, 5) is 0. The Kier molecular flexibility index (Phi) is 11.5. The minimum absolute atomic E-state index is 0.502. The van der Waals surface area contributed by atoms with E-state index in [2.05, 4.69) is 32.0 Å². The van der Waals surface area contributed by atoms with Crippen LogP contribution in [0.2, 0.25) is 10.6 Å². The van der Waals surface area contributed by atoms with Crippen molar-refractivity contribution in [3.8, 4) is 6.07 Å². The third-order valence-corrected chi connectivity index (χ3v) is 9.93. The summed E-state index contributed by atoms with van der Waals surface area (Å²) in [6.45, 7) is 4.51. The molecule has 0 aliphatic carbocycles. The number of hydrogen-bond donors (Lipinski definition) is 0. The van der Waals surface area contributed by atoms with Gasteiger partial charge in [-0.1, -0.05) is 0 Å². The Morgan fingerprint density at radius 3 is 1.91 bits per heavy atom. The van der Waals surface area contributed by atoms with Crippen LogP contribution in [-0.4, -0.2) is 29.9 Å². The number of nitrogens with zero attached hydrogens (tertiary/aromatic N) is 1. The molecule has 1 aromatic rings. The molecule has 1 rings (SSSR count). The second-order valence-corrected chi connectivity index (χ2v) is 11.2. The van der Waals surface area contributed by atoms with E-state index in [4.69, 9.17) is 0 Å². The van der Waals surface area contributed by atoms with Crippen molar-refractivity contribution in [2.75, 3.05) is 0 Å². The van der Waals surface area contributed by atoms with Gasteiger partial charge in [0, 0.05) is 0 Å². The van der Waals surface area contributed by atoms with Crippen LogP contribution in [0, 0.1) is 11.3 Å². The molecular weight excluding hydrogens is 400 g/mol. The fourth-order valence-corrected chi connectivity index (χ4v) is 8.48. The van der Waals surface area contributed by atoms with E-state index >= 15 is 0 Å². The topological polar surface area (TPSA) is 23.8 Å². The van der Waals surface area contributed by atoms with Crippen molar-refractivity contribution < 1.29 is 0 Å². The van der Waals surface area contributed by atoms with Crippen LogP contribution >= 0.6 is 0 Å². The molecule has 1 aromatic carbocycles. The predicted molar refractivity (Wildman–Crippen MR) is 99.1 cm³/mol.